The molecule has 120 valence electrons. The zero-order chi connectivity index (χ0) is 16.3. The molecular weight excluding hydrogens is 305 g/mol. The van der Waals surface area contributed by atoms with Crippen LogP contribution in [0.1, 0.15) is 39.3 Å². The van der Waals surface area contributed by atoms with Crippen molar-refractivity contribution in [1.82, 2.24) is 9.71 Å². The average Bonchev–Trinajstić information content (AvgIpc) is 2.34. The van der Waals surface area contributed by atoms with E-state index in [0.717, 1.165) is 0 Å². The van der Waals surface area contributed by atoms with E-state index >= 15 is 0 Å². The summed E-state index contributed by atoms with van der Waals surface area (Å²) < 4.78 is 55.4. The third kappa shape index (κ3) is 6.43. The number of nitrogens with zero attached hydrogens (tertiary/aromatic N) is 1. The largest absolute Gasteiger partial charge is 0.468 e. The second kappa shape index (κ2) is 6.74. The van der Waals surface area contributed by atoms with Crippen LogP contribution in [0.3, 0.4) is 0 Å². The van der Waals surface area contributed by atoms with Crippen molar-refractivity contribution in [2.45, 2.75) is 44.7 Å². The molecule has 8 heteroatoms. The minimum Gasteiger partial charge on any atom is -0.468 e. The maximum Gasteiger partial charge on any atom is 0.422 e. The van der Waals surface area contributed by atoms with Crippen molar-refractivity contribution < 1.29 is 22.1 Å². The van der Waals surface area contributed by atoms with Crippen LogP contribution in [0, 0.1) is 0 Å². The summed E-state index contributed by atoms with van der Waals surface area (Å²) in [6.45, 7) is 5.86. The molecule has 4 nitrogen and oxygen atoms in total. The number of nitrogens with one attached hydrogen (secondary N) is 1. The van der Waals surface area contributed by atoms with Crippen molar-refractivity contribution in [3.8, 4) is 5.88 Å². The zero-order valence-corrected chi connectivity index (χ0v) is 13.1. The molecule has 2 atom stereocenters. The molecule has 0 radical (unpaired) electrons. The quantitative estimate of drug-likeness (QED) is 0.905. The van der Waals surface area contributed by atoms with E-state index in [2.05, 4.69) is 14.4 Å². The monoisotopic (exact) mass is 324 g/mol. The number of pyridine rings is 1. The van der Waals surface area contributed by atoms with Crippen LogP contribution in [0.15, 0.2) is 18.3 Å². The van der Waals surface area contributed by atoms with Gasteiger partial charge in [0.25, 0.3) is 0 Å². The van der Waals surface area contributed by atoms with E-state index in [0.29, 0.717) is 5.56 Å². The Hall–Kier alpha value is -1.15. The Balaban J connectivity index is 2.73. The molecule has 1 N–H and O–H groups in total. The van der Waals surface area contributed by atoms with E-state index < -0.39 is 28.5 Å². The van der Waals surface area contributed by atoms with Crippen molar-refractivity contribution in [3.05, 3.63) is 23.9 Å². The lowest BCUT2D eigenvalue weighted by atomic mass is 10.1. The minimum atomic E-state index is -4.41. The van der Waals surface area contributed by atoms with E-state index in [1.165, 1.54) is 12.3 Å². The SMILES string of the molecule is C[C@@H](NS(=O)C(C)(C)C)c1ccnc(OCC(F)(F)F)c1. The summed E-state index contributed by atoms with van der Waals surface area (Å²) in [5, 5.41) is 0. The Morgan fingerprint density at radius 1 is 1.38 bits per heavy atom. The van der Waals surface area contributed by atoms with Gasteiger partial charge in [-0.2, -0.15) is 13.2 Å². The van der Waals surface area contributed by atoms with E-state index in [4.69, 9.17) is 0 Å². The fourth-order valence-electron chi connectivity index (χ4n) is 1.33. The molecule has 1 aromatic rings. The number of halogens is 3. The van der Waals surface area contributed by atoms with E-state index in [-0.39, 0.29) is 11.9 Å². The summed E-state index contributed by atoms with van der Waals surface area (Å²) in [5.74, 6) is -0.111. The summed E-state index contributed by atoms with van der Waals surface area (Å²) in [7, 11) is -1.28. The fraction of sp³-hybridized carbons (Fsp3) is 0.615. The highest BCUT2D eigenvalue weighted by Gasteiger charge is 2.28. The normalized spacial score (nSPS) is 15.6. The number of rotatable bonds is 5. The Kier molecular flexibility index (Phi) is 5.75. The molecule has 0 saturated heterocycles. The van der Waals surface area contributed by atoms with Crippen LogP contribution in [0.5, 0.6) is 5.88 Å². The molecule has 0 aliphatic carbocycles. The molecule has 0 bridgehead atoms. The number of hydrogen-bond donors (Lipinski definition) is 1. The summed E-state index contributed by atoms with van der Waals surface area (Å²) in [5.41, 5.74) is 0.653. The smallest absolute Gasteiger partial charge is 0.422 e. The highest BCUT2D eigenvalue weighted by molar-refractivity contribution is 7.84. The number of alkyl halides is 3. The molecule has 0 aliphatic rings. The van der Waals surface area contributed by atoms with Gasteiger partial charge in [-0.05, 0) is 39.3 Å². The predicted octanol–water partition coefficient (Wildman–Crippen LogP) is 3.14. The average molecular weight is 324 g/mol. The van der Waals surface area contributed by atoms with Crippen LogP contribution >= 0.6 is 0 Å². The summed E-state index contributed by atoms with van der Waals surface area (Å²) in [6.07, 6.45) is -3.05. The molecule has 21 heavy (non-hydrogen) atoms. The van der Waals surface area contributed by atoms with Crippen LogP contribution in [0.2, 0.25) is 0 Å². The van der Waals surface area contributed by atoms with Gasteiger partial charge < -0.3 is 4.74 Å². The topological polar surface area (TPSA) is 51.2 Å². The maximum atomic E-state index is 12.1. The van der Waals surface area contributed by atoms with Gasteiger partial charge in [0.2, 0.25) is 5.88 Å². The van der Waals surface area contributed by atoms with Crippen LogP contribution in [-0.2, 0) is 11.0 Å². The van der Waals surface area contributed by atoms with Crippen molar-refractivity contribution in [1.29, 1.82) is 0 Å². The van der Waals surface area contributed by atoms with E-state index in [1.807, 2.05) is 20.8 Å². The first-order valence-corrected chi connectivity index (χ1v) is 7.47. The van der Waals surface area contributed by atoms with Crippen molar-refractivity contribution in [2.24, 2.45) is 0 Å². The molecule has 0 aromatic carbocycles. The molecule has 0 aliphatic heterocycles. The van der Waals surface area contributed by atoms with Crippen molar-refractivity contribution in [3.63, 3.8) is 0 Å². The molecule has 1 rings (SSSR count). The van der Waals surface area contributed by atoms with E-state index in [9.17, 15) is 17.4 Å². The Morgan fingerprint density at radius 2 is 2.00 bits per heavy atom. The van der Waals surface area contributed by atoms with Gasteiger partial charge in [-0.25, -0.2) is 13.9 Å². The fourth-order valence-corrected chi connectivity index (χ4v) is 2.14. The lowest BCUT2D eigenvalue weighted by Gasteiger charge is -2.22. The van der Waals surface area contributed by atoms with Gasteiger partial charge in [-0.15, -0.1) is 0 Å². The summed E-state index contributed by atoms with van der Waals surface area (Å²) in [4.78, 5) is 3.73. The highest BCUT2D eigenvalue weighted by atomic mass is 32.2. The zero-order valence-electron chi connectivity index (χ0n) is 12.3. The Morgan fingerprint density at radius 3 is 2.52 bits per heavy atom. The number of ether oxygens (including phenoxy) is 1. The first-order chi connectivity index (χ1) is 9.49. The molecule has 0 spiro atoms. The van der Waals surface area contributed by atoms with Gasteiger partial charge in [0, 0.05) is 18.3 Å². The van der Waals surface area contributed by atoms with Crippen molar-refractivity contribution in [2.75, 3.05) is 6.61 Å². The first kappa shape index (κ1) is 17.9. The first-order valence-electron chi connectivity index (χ1n) is 6.32. The molecule has 0 fully saturated rings. The number of hydrogen-bond acceptors (Lipinski definition) is 3. The predicted molar refractivity (Wildman–Crippen MR) is 75.2 cm³/mol. The Bertz CT molecular complexity index is 501. The lowest BCUT2D eigenvalue weighted by molar-refractivity contribution is -0.154. The van der Waals surface area contributed by atoms with Crippen LogP contribution in [-0.4, -0.2) is 26.7 Å². The van der Waals surface area contributed by atoms with Gasteiger partial charge in [-0.3, -0.25) is 0 Å². The maximum absolute atomic E-state index is 12.1. The molecule has 1 aromatic heterocycles. The third-order valence-corrected chi connectivity index (χ3v) is 4.16. The summed E-state index contributed by atoms with van der Waals surface area (Å²) >= 11 is 0. The molecule has 0 amide bonds. The van der Waals surface area contributed by atoms with Gasteiger partial charge in [0.1, 0.15) is 0 Å². The molecule has 1 heterocycles. The van der Waals surface area contributed by atoms with E-state index in [1.54, 1.807) is 13.0 Å². The van der Waals surface area contributed by atoms with Gasteiger partial charge in [0.05, 0.1) is 15.7 Å². The second-order valence-corrected chi connectivity index (χ2v) is 7.55. The van der Waals surface area contributed by atoms with Gasteiger partial charge in [-0.1, -0.05) is 0 Å². The third-order valence-electron chi connectivity index (χ3n) is 2.48. The lowest BCUT2D eigenvalue weighted by Crippen LogP contribution is -2.34. The molecule has 0 saturated carbocycles. The van der Waals surface area contributed by atoms with Crippen LogP contribution in [0.4, 0.5) is 13.2 Å². The standard InChI is InChI=1S/C13H19F3N2O2S/c1-9(18-21(19)12(2,3)4)10-5-6-17-11(7-10)20-8-13(14,15)16/h5-7,9,18H,8H2,1-4H3/t9-,21?/m1/s1. The summed E-state index contributed by atoms with van der Waals surface area (Å²) in [6, 6.07) is 2.74. The van der Waals surface area contributed by atoms with Crippen LogP contribution in [0.25, 0.3) is 0 Å². The van der Waals surface area contributed by atoms with Crippen LogP contribution < -0.4 is 9.46 Å². The van der Waals surface area contributed by atoms with Crippen molar-refractivity contribution >= 4 is 11.0 Å². The Labute approximate surface area is 124 Å². The second-order valence-electron chi connectivity index (χ2n) is 5.55. The molecular formula is C13H19F3N2O2S. The minimum absolute atomic E-state index is 0.111. The van der Waals surface area contributed by atoms with Gasteiger partial charge >= 0.3 is 6.18 Å². The number of aromatic nitrogens is 1. The van der Waals surface area contributed by atoms with Gasteiger partial charge in [0.15, 0.2) is 6.61 Å². The molecule has 1 unspecified atom stereocenters. The highest BCUT2D eigenvalue weighted by Crippen LogP contribution is 2.21.